The summed E-state index contributed by atoms with van der Waals surface area (Å²) < 4.78 is 0.0448. The molecule has 0 N–H and O–H groups in total. The van der Waals surface area contributed by atoms with Crippen LogP contribution < -0.4 is 0 Å². The van der Waals surface area contributed by atoms with Crippen LogP contribution in [0.2, 0.25) is 0 Å². The second kappa shape index (κ2) is 5.69. The lowest BCUT2D eigenvalue weighted by atomic mass is 10.6. The van der Waals surface area contributed by atoms with E-state index in [-0.39, 0.29) is 3.74 Å². The van der Waals surface area contributed by atoms with Crippen molar-refractivity contribution in [2.45, 2.75) is 3.74 Å². The van der Waals surface area contributed by atoms with Gasteiger partial charge in [0.2, 0.25) is 0 Å². The first-order valence-electron chi connectivity index (χ1n) is 1.66. The van der Waals surface area contributed by atoms with Gasteiger partial charge in [0.25, 0.3) is 0 Å². The van der Waals surface area contributed by atoms with Gasteiger partial charge in [-0.2, -0.15) is 0 Å². The fraction of sp³-hybridized carbons (Fsp3) is 0.200. The highest BCUT2D eigenvalue weighted by Gasteiger charge is 1.82. The van der Waals surface area contributed by atoms with Crippen LogP contribution in [0.25, 0.3) is 0 Å². The molecule has 0 fully saturated rings. The van der Waals surface area contributed by atoms with Crippen molar-refractivity contribution in [2.24, 2.45) is 0 Å². The number of rotatable bonds is 0. The van der Waals surface area contributed by atoms with Crippen molar-refractivity contribution in [1.29, 1.82) is 0 Å². The Morgan fingerprint density at radius 2 is 1.75 bits per heavy atom. The maximum Gasteiger partial charge on any atom is 0.131 e. The highest BCUT2D eigenvalue weighted by atomic mass is 79.9. The summed E-state index contributed by atoms with van der Waals surface area (Å²) in [7, 11) is 0. The summed E-state index contributed by atoms with van der Waals surface area (Å²) in [6.45, 7) is 0. The summed E-state index contributed by atoms with van der Waals surface area (Å²) in [5, 5.41) is 0. The number of hydrogen-bond donors (Lipinski definition) is 0. The van der Waals surface area contributed by atoms with Gasteiger partial charge in [0.05, 0.1) is 0 Å². The summed E-state index contributed by atoms with van der Waals surface area (Å²) in [4.78, 5) is 2.47. The highest BCUT2D eigenvalue weighted by Crippen LogP contribution is 2.04. The predicted octanol–water partition coefficient (Wildman–Crippen LogP) is 2.46. The zero-order valence-corrected chi connectivity index (χ0v) is 8.47. The molecule has 0 spiro atoms. The fourth-order valence-corrected chi connectivity index (χ4v) is 0.442. The third-order valence-corrected chi connectivity index (χ3v) is 0.947. The van der Waals surface area contributed by atoms with E-state index in [4.69, 9.17) is 0 Å². The second-order valence-electron chi connectivity index (χ2n) is 0.790. The molecule has 0 saturated carbocycles. The molecule has 0 amide bonds. The fourth-order valence-electron chi connectivity index (χ4n) is 0.114. The number of halogens is 3. The Morgan fingerprint density at radius 1 is 1.12 bits per heavy atom. The van der Waals surface area contributed by atoms with E-state index in [1.807, 2.05) is 0 Å². The molecule has 0 aliphatic heterocycles. The van der Waals surface area contributed by atoms with Crippen molar-refractivity contribution < 1.29 is 0 Å². The quantitative estimate of drug-likeness (QED) is 0.476. The molecule has 42 valence electrons. The van der Waals surface area contributed by atoms with Gasteiger partial charge in [-0.3, -0.25) is 0 Å². The number of hydrogen-bond acceptors (Lipinski definition) is 0. The molecule has 0 bridgehead atoms. The Balaban J connectivity index is 3.62. The molecular weight excluding hydrogens is 300 g/mol. The molecule has 0 aromatic carbocycles. The third kappa shape index (κ3) is 6.56. The van der Waals surface area contributed by atoms with Gasteiger partial charge < -0.3 is 0 Å². The molecule has 0 aliphatic carbocycles. The van der Waals surface area contributed by atoms with Gasteiger partial charge >= 0.3 is 0 Å². The molecule has 3 heteroatoms. The molecule has 0 rings (SSSR count). The summed E-state index contributed by atoms with van der Waals surface area (Å²) in [5.41, 5.74) is 0. The molecule has 0 aliphatic rings. The Bertz CT molecular complexity index is 162. The second-order valence-corrected chi connectivity index (χ2v) is 4.25. The van der Waals surface area contributed by atoms with Crippen LogP contribution in [0.15, 0.2) is 0 Å². The van der Waals surface area contributed by atoms with Crippen molar-refractivity contribution in [1.82, 2.24) is 0 Å². The largest absolute Gasteiger partial charge is 0.131 e. The van der Waals surface area contributed by atoms with Crippen molar-refractivity contribution >= 4 is 47.8 Å². The molecular formula is C5HBr3. The van der Waals surface area contributed by atoms with Crippen LogP contribution in [-0.4, -0.2) is 3.74 Å². The van der Waals surface area contributed by atoms with Crippen LogP contribution in [-0.2, 0) is 0 Å². The minimum absolute atomic E-state index is 0.0448. The average molecular weight is 301 g/mol. The average Bonchev–Trinajstić information content (AvgIpc) is 1.66. The van der Waals surface area contributed by atoms with Crippen molar-refractivity contribution in [3.8, 4) is 22.6 Å². The minimum atomic E-state index is 0.0448. The maximum atomic E-state index is 3.16. The van der Waals surface area contributed by atoms with Gasteiger partial charge in [0.15, 0.2) is 0 Å². The monoisotopic (exact) mass is 298 g/mol. The van der Waals surface area contributed by atoms with Gasteiger partial charge in [-0.05, 0) is 16.7 Å². The molecule has 0 saturated heterocycles. The van der Waals surface area contributed by atoms with E-state index in [0.717, 1.165) is 0 Å². The molecule has 0 unspecified atom stereocenters. The van der Waals surface area contributed by atoms with E-state index in [0.29, 0.717) is 0 Å². The Kier molecular flexibility index (Phi) is 6.09. The molecule has 0 aromatic rings. The lowest BCUT2D eigenvalue weighted by Gasteiger charge is -1.76. The zero-order chi connectivity index (χ0) is 6.41. The van der Waals surface area contributed by atoms with Gasteiger partial charge in [-0.1, -0.05) is 37.8 Å². The highest BCUT2D eigenvalue weighted by molar-refractivity contribution is 9.24. The van der Waals surface area contributed by atoms with E-state index in [1.165, 1.54) is 0 Å². The smallest absolute Gasteiger partial charge is 0.0623 e. The van der Waals surface area contributed by atoms with E-state index in [1.54, 1.807) is 0 Å². The molecule has 0 nitrogen and oxygen atoms in total. The van der Waals surface area contributed by atoms with Crippen molar-refractivity contribution in [3.05, 3.63) is 0 Å². The minimum Gasteiger partial charge on any atom is -0.0623 e. The van der Waals surface area contributed by atoms with Crippen LogP contribution in [0.1, 0.15) is 0 Å². The summed E-state index contributed by atoms with van der Waals surface area (Å²) in [6, 6.07) is 0. The first kappa shape index (κ1) is 8.56. The molecule has 8 heavy (non-hydrogen) atoms. The van der Waals surface area contributed by atoms with E-state index in [9.17, 15) is 0 Å². The standard InChI is InChI=1S/C5HBr3/c6-4-2-1-3-5(7)8/h5H. The van der Waals surface area contributed by atoms with Crippen LogP contribution in [0.3, 0.4) is 0 Å². The summed E-state index contributed by atoms with van der Waals surface area (Å²) >= 11 is 9.23. The normalized spacial score (nSPS) is 6.50. The number of alkyl halides is 2. The topological polar surface area (TPSA) is 0 Å². The van der Waals surface area contributed by atoms with E-state index in [2.05, 4.69) is 70.4 Å². The van der Waals surface area contributed by atoms with Crippen LogP contribution in [0.5, 0.6) is 0 Å². The van der Waals surface area contributed by atoms with Gasteiger partial charge in [-0.15, -0.1) is 0 Å². The lowest BCUT2D eigenvalue weighted by Crippen LogP contribution is -1.71. The van der Waals surface area contributed by atoms with Gasteiger partial charge in [-0.25, -0.2) is 0 Å². The first-order valence-corrected chi connectivity index (χ1v) is 4.29. The maximum absolute atomic E-state index is 3.16. The first-order chi connectivity index (χ1) is 3.77. The molecule has 0 heterocycles. The van der Waals surface area contributed by atoms with E-state index < -0.39 is 0 Å². The third-order valence-electron chi connectivity index (χ3n) is 0.291. The van der Waals surface area contributed by atoms with Crippen LogP contribution in [0, 0.1) is 22.6 Å². The Hall–Kier alpha value is 0.560. The predicted molar refractivity (Wildman–Crippen MR) is 46.1 cm³/mol. The molecule has 0 radical (unpaired) electrons. The molecule has 0 aromatic heterocycles. The lowest BCUT2D eigenvalue weighted by molar-refractivity contribution is 1.88. The van der Waals surface area contributed by atoms with Crippen LogP contribution in [0.4, 0.5) is 0 Å². The van der Waals surface area contributed by atoms with Gasteiger partial charge in [0.1, 0.15) is 3.74 Å². The zero-order valence-electron chi connectivity index (χ0n) is 3.71. The van der Waals surface area contributed by atoms with E-state index >= 15 is 0 Å². The summed E-state index contributed by atoms with van der Waals surface area (Å²) in [6.07, 6.45) is 0. The SMILES string of the molecule is BrC#CC#CC(Br)Br. The van der Waals surface area contributed by atoms with Crippen LogP contribution >= 0.6 is 47.8 Å². The van der Waals surface area contributed by atoms with Gasteiger partial charge in [0, 0.05) is 15.9 Å². The van der Waals surface area contributed by atoms with Crippen molar-refractivity contribution in [3.63, 3.8) is 0 Å². The Morgan fingerprint density at radius 3 is 2.12 bits per heavy atom. The van der Waals surface area contributed by atoms with Crippen molar-refractivity contribution in [2.75, 3.05) is 0 Å². The summed E-state index contributed by atoms with van der Waals surface area (Å²) in [5.74, 6) is 7.83. The molecule has 0 atom stereocenters. The Labute approximate surface area is 73.8 Å².